The highest BCUT2D eigenvalue weighted by Gasteiger charge is 2.23. The molecule has 0 fully saturated rings. The molecule has 2 atom stereocenters. The van der Waals surface area contributed by atoms with Crippen LogP contribution in [0.2, 0.25) is 0 Å². The zero-order valence-corrected chi connectivity index (χ0v) is 12.0. The van der Waals surface area contributed by atoms with Crippen molar-refractivity contribution in [2.24, 2.45) is 0 Å². The number of nitrogens with zero attached hydrogens (tertiary/aromatic N) is 2. The van der Waals surface area contributed by atoms with Gasteiger partial charge in [0.15, 0.2) is 0 Å². The predicted molar refractivity (Wildman–Crippen MR) is 77.5 cm³/mol. The van der Waals surface area contributed by atoms with Gasteiger partial charge in [-0.1, -0.05) is 6.07 Å². The van der Waals surface area contributed by atoms with Gasteiger partial charge in [-0.05, 0) is 44.4 Å². The third-order valence-corrected chi connectivity index (χ3v) is 3.95. The monoisotopic (exact) mass is 272 g/mol. The Morgan fingerprint density at radius 1 is 1.60 bits per heavy atom. The van der Waals surface area contributed by atoms with Gasteiger partial charge in [-0.2, -0.15) is 5.26 Å². The summed E-state index contributed by atoms with van der Waals surface area (Å²) in [6, 6.07) is 8.55. The van der Waals surface area contributed by atoms with Crippen LogP contribution >= 0.6 is 0 Å². The van der Waals surface area contributed by atoms with Crippen molar-refractivity contribution in [1.29, 1.82) is 5.26 Å². The maximum absolute atomic E-state index is 10.3. The van der Waals surface area contributed by atoms with Crippen LogP contribution in [0.25, 0.3) is 0 Å². The molecule has 0 saturated carbocycles. The van der Waals surface area contributed by atoms with Crippen LogP contribution in [0.1, 0.15) is 37.8 Å². The van der Waals surface area contributed by atoms with Crippen LogP contribution in [-0.2, 0) is 16.0 Å². The molecule has 20 heavy (non-hydrogen) atoms. The molecule has 0 bridgehead atoms. The highest BCUT2D eigenvalue weighted by Crippen LogP contribution is 2.31. The van der Waals surface area contributed by atoms with Crippen LogP contribution in [0.5, 0.6) is 0 Å². The van der Waals surface area contributed by atoms with Crippen LogP contribution in [0.3, 0.4) is 0 Å². The molecule has 0 amide bonds. The number of benzene rings is 1. The van der Waals surface area contributed by atoms with Gasteiger partial charge in [-0.15, -0.1) is 0 Å². The summed E-state index contributed by atoms with van der Waals surface area (Å²) in [4.78, 5) is 12.7. The number of anilines is 1. The van der Waals surface area contributed by atoms with E-state index in [9.17, 15) is 4.79 Å². The number of carbonyl (C=O) groups excluding carboxylic acids is 1. The van der Waals surface area contributed by atoms with Gasteiger partial charge in [0, 0.05) is 24.7 Å². The minimum Gasteiger partial charge on any atom is -0.465 e. The Morgan fingerprint density at radius 3 is 3.10 bits per heavy atom. The molecule has 1 aliphatic rings. The fraction of sp³-hybridized carbons (Fsp3) is 0.500. The summed E-state index contributed by atoms with van der Waals surface area (Å²) in [5, 5.41) is 9.05. The van der Waals surface area contributed by atoms with E-state index in [-0.39, 0.29) is 6.10 Å². The highest BCUT2D eigenvalue weighted by molar-refractivity contribution is 5.60. The summed E-state index contributed by atoms with van der Waals surface area (Å²) in [5.74, 6) is 0. The lowest BCUT2D eigenvalue weighted by atomic mass is 9.95. The number of carbonyl (C=O) groups is 1. The minimum absolute atomic E-state index is 0.0794. The number of hydrogen-bond acceptors (Lipinski definition) is 4. The normalized spacial score (nSPS) is 18.9. The van der Waals surface area contributed by atoms with Crippen molar-refractivity contribution in [3.8, 4) is 6.07 Å². The average Bonchev–Trinajstić information content (AvgIpc) is 2.46. The predicted octanol–water partition coefficient (Wildman–Crippen LogP) is 2.65. The second-order valence-electron chi connectivity index (χ2n) is 5.37. The number of nitriles is 1. The number of ether oxygens (including phenoxy) is 1. The van der Waals surface area contributed by atoms with Crippen molar-refractivity contribution in [3.05, 3.63) is 29.3 Å². The molecule has 1 aromatic carbocycles. The summed E-state index contributed by atoms with van der Waals surface area (Å²) >= 11 is 0. The standard InChI is InChI=1S/C16H20N2O2/c1-12-3-5-15-6-4-14(10-17)9-16(15)18(12)8-7-13(2)20-11-19/h4,6,9,11-13H,3,5,7-8H2,1-2H3. The maximum atomic E-state index is 10.3. The number of fused-ring (bicyclic) bond motifs is 1. The summed E-state index contributed by atoms with van der Waals surface area (Å²) in [6.07, 6.45) is 2.88. The van der Waals surface area contributed by atoms with E-state index >= 15 is 0 Å². The Hall–Kier alpha value is -2.02. The van der Waals surface area contributed by atoms with Gasteiger partial charge in [-0.3, -0.25) is 4.79 Å². The van der Waals surface area contributed by atoms with Gasteiger partial charge in [0.1, 0.15) is 6.10 Å². The first-order valence-corrected chi connectivity index (χ1v) is 7.04. The SMILES string of the molecule is CC(CCN1c2cc(C#N)ccc2CCC1C)OC=O. The molecule has 0 radical (unpaired) electrons. The van der Waals surface area contributed by atoms with E-state index in [1.54, 1.807) is 0 Å². The fourth-order valence-electron chi connectivity index (χ4n) is 2.69. The molecular formula is C16H20N2O2. The summed E-state index contributed by atoms with van der Waals surface area (Å²) in [7, 11) is 0. The first kappa shape index (κ1) is 14.4. The zero-order chi connectivity index (χ0) is 14.5. The van der Waals surface area contributed by atoms with Gasteiger partial charge < -0.3 is 9.64 Å². The van der Waals surface area contributed by atoms with Crippen molar-refractivity contribution in [3.63, 3.8) is 0 Å². The largest absolute Gasteiger partial charge is 0.465 e. The van der Waals surface area contributed by atoms with E-state index in [4.69, 9.17) is 10.00 Å². The topological polar surface area (TPSA) is 53.3 Å². The van der Waals surface area contributed by atoms with Gasteiger partial charge in [0.25, 0.3) is 6.47 Å². The minimum atomic E-state index is -0.0794. The lowest BCUT2D eigenvalue weighted by Crippen LogP contribution is -2.39. The molecule has 1 heterocycles. The number of rotatable bonds is 5. The van der Waals surface area contributed by atoms with Crippen LogP contribution in [0.4, 0.5) is 5.69 Å². The average molecular weight is 272 g/mol. The van der Waals surface area contributed by atoms with Crippen LogP contribution < -0.4 is 4.90 Å². The van der Waals surface area contributed by atoms with Crippen LogP contribution in [0.15, 0.2) is 18.2 Å². The van der Waals surface area contributed by atoms with Gasteiger partial charge in [-0.25, -0.2) is 0 Å². The molecule has 2 rings (SSSR count). The van der Waals surface area contributed by atoms with Crippen molar-refractivity contribution in [2.45, 2.75) is 45.3 Å². The Labute approximate surface area is 120 Å². The lowest BCUT2D eigenvalue weighted by molar-refractivity contribution is -0.132. The molecule has 1 aromatic rings. The summed E-state index contributed by atoms with van der Waals surface area (Å²) < 4.78 is 4.94. The van der Waals surface area contributed by atoms with E-state index in [1.165, 1.54) is 5.56 Å². The van der Waals surface area contributed by atoms with Gasteiger partial charge in [0.05, 0.1) is 11.6 Å². The third kappa shape index (κ3) is 3.11. The van der Waals surface area contributed by atoms with E-state index in [0.717, 1.165) is 31.5 Å². The molecule has 4 heteroatoms. The van der Waals surface area contributed by atoms with Crippen molar-refractivity contribution >= 4 is 12.2 Å². The Bertz CT molecular complexity index is 522. The molecule has 4 nitrogen and oxygen atoms in total. The van der Waals surface area contributed by atoms with Crippen molar-refractivity contribution in [1.82, 2.24) is 0 Å². The second kappa shape index (κ2) is 6.42. The second-order valence-corrected chi connectivity index (χ2v) is 5.37. The Morgan fingerprint density at radius 2 is 2.40 bits per heavy atom. The first-order valence-electron chi connectivity index (χ1n) is 7.04. The number of aryl methyl sites for hydroxylation is 1. The van der Waals surface area contributed by atoms with E-state index in [2.05, 4.69) is 24.0 Å². The molecule has 0 N–H and O–H groups in total. The molecule has 0 aromatic heterocycles. The third-order valence-electron chi connectivity index (χ3n) is 3.95. The molecule has 0 aliphatic carbocycles. The van der Waals surface area contributed by atoms with Gasteiger partial charge in [0.2, 0.25) is 0 Å². The van der Waals surface area contributed by atoms with Gasteiger partial charge >= 0.3 is 0 Å². The molecule has 106 valence electrons. The smallest absolute Gasteiger partial charge is 0.293 e. The molecule has 2 unspecified atom stereocenters. The van der Waals surface area contributed by atoms with E-state index in [1.807, 2.05) is 19.1 Å². The Kier molecular flexibility index (Phi) is 4.62. The quantitative estimate of drug-likeness (QED) is 0.773. The molecular weight excluding hydrogens is 252 g/mol. The van der Waals surface area contributed by atoms with Crippen LogP contribution in [-0.4, -0.2) is 25.2 Å². The number of hydrogen-bond donors (Lipinski definition) is 0. The fourth-order valence-corrected chi connectivity index (χ4v) is 2.69. The lowest BCUT2D eigenvalue weighted by Gasteiger charge is -2.37. The van der Waals surface area contributed by atoms with Crippen molar-refractivity contribution in [2.75, 3.05) is 11.4 Å². The molecule has 0 spiro atoms. The van der Waals surface area contributed by atoms with E-state index < -0.39 is 0 Å². The molecule has 0 saturated heterocycles. The van der Waals surface area contributed by atoms with E-state index in [0.29, 0.717) is 18.1 Å². The summed E-state index contributed by atoms with van der Waals surface area (Å²) in [5.41, 5.74) is 3.15. The van der Waals surface area contributed by atoms with Crippen molar-refractivity contribution < 1.29 is 9.53 Å². The Balaban J connectivity index is 2.16. The zero-order valence-electron chi connectivity index (χ0n) is 12.0. The first-order chi connectivity index (χ1) is 9.65. The highest BCUT2D eigenvalue weighted by atomic mass is 16.5. The maximum Gasteiger partial charge on any atom is 0.293 e. The summed E-state index contributed by atoms with van der Waals surface area (Å²) in [6.45, 7) is 5.44. The molecule has 1 aliphatic heterocycles. The van der Waals surface area contributed by atoms with Crippen LogP contribution in [0, 0.1) is 11.3 Å².